The normalized spacial score (nSPS) is 13.2. The average Bonchev–Trinajstić information content (AvgIpc) is 2.63. The number of halogens is 2. The van der Waals surface area contributed by atoms with Crippen LogP contribution < -0.4 is 0 Å². The van der Waals surface area contributed by atoms with Crippen molar-refractivity contribution < 1.29 is 18.4 Å². The van der Waals surface area contributed by atoms with Gasteiger partial charge in [-0.25, -0.2) is 8.78 Å². The van der Waals surface area contributed by atoms with Gasteiger partial charge in [0.2, 0.25) is 0 Å². The molecule has 1 aliphatic rings. The van der Waals surface area contributed by atoms with Gasteiger partial charge >= 0.3 is 0 Å². The van der Waals surface area contributed by atoms with Gasteiger partial charge in [-0.15, -0.1) is 0 Å². The molecule has 0 spiro atoms. The van der Waals surface area contributed by atoms with Gasteiger partial charge in [0.25, 0.3) is 0 Å². The smallest absolute Gasteiger partial charge is 0.194 e. The first-order valence-corrected chi connectivity index (χ1v) is 8.07. The molecule has 4 aromatic carbocycles. The summed E-state index contributed by atoms with van der Waals surface area (Å²) >= 11 is 0. The van der Waals surface area contributed by atoms with Gasteiger partial charge in [0.05, 0.1) is 0 Å². The molecule has 0 fully saturated rings. The summed E-state index contributed by atoms with van der Waals surface area (Å²) in [5.41, 5.74) is 1.11. The van der Waals surface area contributed by atoms with Crippen molar-refractivity contribution in [2.45, 2.75) is 0 Å². The van der Waals surface area contributed by atoms with Gasteiger partial charge in [-0.3, -0.25) is 9.59 Å². The Morgan fingerprint density at radius 2 is 0.808 bits per heavy atom. The predicted octanol–water partition coefficient (Wildman–Crippen LogP) is 5.05. The first-order chi connectivity index (χ1) is 12.5. The fourth-order valence-electron chi connectivity index (χ4n) is 3.58. The molecule has 0 atom stereocenters. The molecule has 1 aliphatic carbocycles. The molecule has 124 valence electrons. The first-order valence-electron chi connectivity index (χ1n) is 8.07. The minimum absolute atomic E-state index is 0.266. The minimum Gasteiger partial charge on any atom is -0.289 e. The first kappa shape index (κ1) is 14.9. The lowest BCUT2D eigenvalue weighted by Gasteiger charge is -2.19. The maximum Gasteiger partial charge on any atom is 0.194 e. The Morgan fingerprint density at radius 3 is 1.19 bits per heavy atom. The zero-order chi connectivity index (χ0) is 18.0. The molecule has 2 nitrogen and oxygen atoms in total. The molecule has 0 radical (unpaired) electrons. The van der Waals surface area contributed by atoms with E-state index in [1.54, 1.807) is 36.4 Å². The maximum atomic E-state index is 13.5. The van der Waals surface area contributed by atoms with Crippen molar-refractivity contribution in [2.75, 3.05) is 0 Å². The molecule has 0 bridgehead atoms. The van der Waals surface area contributed by atoms with Crippen molar-refractivity contribution in [3.63, 3.8) is 0 Å². The third kappa shape index (κ3) is 2.02. The third-order valence-corrected chi connectivity index (χ3v) is 4.86. The van der Waals surface area contributed by atoms with Crippen molar-refractivity contribution in [3.05, 3.63) is 94.6 Å². The van der Waals surface area contributed by atoms with Crippen LogP contribution in [-0.2, 0) is 0 Å². The van der Waals surface area contributed by atoms with Crippen molar-refractivity contribution >= 4 is 33.1 Å². The lowest BCUT2D eigenvalue weighted by molar-refractivity contribution is 0.0979. The van der Waals surface area contributed by atoms with Gasteiger partial charge < -0.3 is 0 Å². The largest absolute Gasteiger partial charge is 0.289 e. The van der Waals surface area contributed by atoms with E-state index in [0.29, 0.717) is 21.5 Å². The Balaban J connectivity index is 1.81. The predicted molar refractivity (Wildman–Crippen MR) is 94.7 cm³/mol. The summed E-state index contributed by atoms with van der Waals surface area (Å²) in [5.74, 6) is -1.38. The van der Waals surface area contributed by atoms with Crippen molar-refractivity contribution in [2.24, 2.45) is 0 Å². The van der Waals surface area contributed by atoms with Crippen LogP contribution in [0.25, 0.3) is 21.5 Å². The number of carbonyl (C=O) groups excluding carboxylic acids is 2. The quantitative estimate of drug-likeness (QED) is 0.394. The number of carbonyl (C=O) groups is 2. The Morgan fingerprint density at radius 1 is 0.462 bits per heavy atom. The lowest BCUT2D eigenvalue weighted by atomic mass is 9.81. The maximum absolute atomic E-state index is 13.5. The second kappa shape index (κ2) is 5.05. The molecule has 0 aromatic heterocycles. The topological polar surface area (TPSA) is 34.1 Å². The Labute approximate surface area is 146 Å². The minimum atomic E-state index is -0.402. The Bertz CT molecular complexity index is 1190. The zero-order valence-electron chi connectivity index (χ0n) is 13.3. The van der Waals surface area contributed by atoms with Crippen LogP contribution >= 0.6 is 0 Å². The summed E-state index contributed by atoms with van der Waals surface area (Å²) in [4.78, 5) is 25.9. The fraction of sp³-hybridized carbons (Fsp3) is 0. The van der Waals surface area contributed by atoms with Crippen LogP contribution in [0.3, 0.4) is 0 Å². The number of benzene rings is 4. The number of rotatable bonds is 0. The van der Waals surface area contributed by atoms with Crippen LogP contribution in [0, 0.1) is 11.6 Å². The highest BCUT2D eigenvalue weighted by Crippen LogP contribution is 2.33. The van der Waals surface area contributed by atoms with Gasteiger partial charge in [-0.2, -0.15) is 0 Å². The monoisotopic (exact) mass is 344 g/mol. The standard InChI is InChI=1S/C22H10F2O2/c23-15-3-1-11-7-17-19(9-13(11)5-15)22(26)18-8-12-2-4-16(24)6-14(12)10-20(18)21(17)25/h1-10H. The molecule has 0 N–H and O–H groups in total. The summed E-state index contributed by atoms with van der Waals surface area (Å²) in [7, 11) is 0. The Hall–Kier alpha value is -3.40. The van der Waals surface area contributed by atoms with Gasteiger partial charge in [0.15, 0.2) is 11.6 Å². The summed E-state index contributed by atoms with van der Waals surface area (Å²) in [6.45, 7) is 0. The molecule has 0 heterocycles. The summed E-state index contributed by atoms with van der Waals surface area (Å²) in [6.07, 6.45) is 0. The number of hydrogen-bond acceptors (Lipinski definition) is 2. The lowest BCUT2D eigenvalue weighted by Crippen LogP contribution is -2.21. The molecule has 4 aromatic rings. The van der Waals surface area contributed by atoms with E-state index in [2.05, 4.69) is 0 Å². The van der Waals surface area contributed by atoms with Gasteiger partial charge in [0.1, 0.15) is 11.6 Å². The van der Waals surface area contributed by atoms with E-state index >= 15 is 0 Å². The summed E-state index contributed by atoms with van der Waals surface area (Å²) in [5, 5.41) is 2.50. The average molecular weight is 344 g/mol. The second-order valence-electron chi connectivity index (χ2n) is 6.44. The molecule has 5 rings (SSSR count). The molecule has 0 unspecified atom stereocenters. The van der Waals surface area contributed by atoms with E-state index < -0.39 is 11.6 Å². The molecular weight excluding hydrogens is 334 g/mol. The van der Waals surface area contributed by atoms with Crippen LogP contribution in [0.15, 0.2) is 60.7 Å². The van der Waals surface area contributed by atoms with Gasteiger partial charge in [-0.05, 0) is 70.1 Å². The molecule has 0 saturated carbocycles. The van der Waals surface area contributed by atoms with Gasteiger partial charge in [0, 0.05) is 22.3 Å². The molecule has 0 amide bonds. The van der Waals surface area contributed by atoms with Crippen molar-refractivity contribution in [1.82, 2.24) is 0 Å². The highest BCUT2D eigenvalue weighted by atomic mass is 19.1. The van der Waals surface area contributed by atoms with E-state index in [1.165, 1.54) is 24.3 Å². The highest BCUT2D eigenvalue weighted by molar-refractivity contribution is 6.30. The zero-order valence-corrected chi connectivity index (χ0v) is 13.3. The van der Waals surface area contributed by atoms with Crippen LogP contribution in [0.2, 0.25) is 0 Å². The van der Waals surface area contributed by atoms with Crippen molar-refractivity contribution in [3.8, 4) is 0 Å². The van der Waals surface area contributed by atoms with E-state index in [-0.39, 0.29) is 33.8 Å². The molecule has 0 aliphatic heterocycles. The summed E-state index contributed by atoms with van der Waals surface area (Å²) in [6, 6.07) is 14.8. The van der Waals surface area contributed by atoms with E-state index in [0.717, 1.165) is 0 Å². The number of fused-ring (bicyclic) bond motifs is 4. The Kier molecular flexibility index (Phi) is 2.89. The SMILES string of the molecule is O=C1c2cc3ccc(F)cc3cc2C(=O)c2cc3ccc(F)cc3cc21. The van der Waals surface area contributed by atoms with Crippen LogP contribution in [0.5, 0.6) is 0 Å². The van der Waals surface area contributed by atoms with Crippen LogP contribution in [-0.4, -0.2) is 11.6 Å². The molecule has 4 heteroatoms. The van der Waals surface area contributed by atoms with Gasteiger partial charge in [-0.1, -0.05) is 12.1 Å². The van der Waals surface area contributed by atoms with E-state index in [9.17, 15) is 18.4 Å². The van der Waals surface area contributed by atoms with E-state index in [1.807, 2.05) is 0 Å². The molecule has 26 heavy (non-hydrogen) atoms. The third-order valence-electron chi connectivity index (χ3n) is 4.86. The molecule has 0 saturated heterocycles. The molecular formula is C22H10F2O2. The number of hydrogen-bond donors (Lipinski definition) is 0. The fourth-order valence-corrected chi connectivity index (χ4v) is 3.58. The second-order valence-corrected chi connectivity index (χ2v) is 6.44. The number of ketones is 2. The highest BCUT2D eigenvalue weighted by Gasteiger charge is 2.30. The van der Waals surface area contributed by atoms with Crippen molar-refractivity contribution in [1.29, 1.82) is 0 Å². The van der Waals surface area contributed by atoms with Crippen LogP contribution in [0.4, 0.5) is 8.78 Å². The van der Waals surface area contributed by atoms with E-state index in [4.69, 9.17) is 0 Å². The summed E-state index contributed by atoms with van der Waals surface area (Å²) < 4.78 is 27.0. The van der Waals surface area contributed by atoms with Crippen LogP contribution in [0.1, 0.15) is 31.8 Å².